The Kier molecular flexibility index (Phi) is 2.46. The largest absolute Gasteiger partial charge is 0.463 e. The Labute approximate surface area is 113 Å². The van der Waals surface area contributed by atoms with Crippen LogP contribution in [0.3, 0.4) is 0 Å². The number of nitrogens with zero attached hydrogens (tertiary/aromatic N) is 3. The van der Waals surface area contributed by atoms with Crippen molar-refractivity contribution >= 4 is 16.3 Å². The number of hydrogen-bond donors (Lipinski definition) is 1. The van der Waals surface area contributed by atoms with E-state index in [9.17, 15) is 5.11 Å². The van der Waals surface area contributed by atoms with Gasteiger partial charge in [0.2, 0.25) is 4.96 Å². The third kappa shape index (κ3) is 1.63. The maximum Gasteiger partial charge on any atom is 0.213 e. The van der Waals surface area contributed by atoms with E-state index in [1.807, 2.05) is 12.1 Å². The zero-order valence-corrected chi connectivity index (χ0v) is 11.1. The van der Waals surface area contributed by atoms with Crippen LogP contribution in [0.25, 0.3) is 16.4 Å². The summed E-state index contributed by atoms with van der Waals surface area (Å²) in [5, 5.41) is 15.3. The standard InChI is InChI=1S/C13H13N3O2S/c17-7-9-11(10-5-2-6-18-10)14-13-16(9)15-12(19-13)8-3-1-4-8/h2,5-6,8,17H,1,3-4,7H2. The number of aliphatic hydroxyl groups is 1. The van der Waals surface area contributed by atoms with Gasteiger partial charge in [-0.2, -0.15) is 5.10 Å². The minimum Gasteiger partial charge on any atom is -0.463 e. The summed E-state index contributed by atoms with van der Waals surface area (Å²) in [4.78, 5) is 5.38. The molecule has 19 heavy (non-hydrogen) atoms. The van der Waals surface area contributed by atoms with E-state index in [2.05, 4.69) is 10.1 Å². The lowest BCUT2D eigenvalue weighted by atomic mass is 9.86. The molecule has 98 valence electrons. The summed E-state index contributed by atoms with van der Waals surface area (Å²) in [6, 6.07) is 3.66. The summed E-state index contributed by atoms with van der Waals surface area (Å²) in [5.41, 5.74) is 1.39. The molecule has 0 unspecified atom stereocenters. The molecule has 4 rings (SSSR count). The molecule has 0 spiro atoms. The number of rotatable bonds is 3. The quantitative estimate of drug-likeness (QED) is 0.798. The van der Waals surface area contributed by atoms with Crippen molar-refractivity contribution < 1.29 is 9.52 Å². The number of aromatic nitrogens is 3. The van der Waals surface area contributed by atoms with Crippen LogP contribution in [0.1, 0.15) is 35.9 Å². The Morgan fingerprint density at radius 3 is 3.00 bits per heavy atom. The monoisotopic (exact) mass is 275 g/mol. The molecule has 0 atom stereocenters. The first kappa shape index (κ1) is 11.2. The highest BCUT2D eigenvalue weighted by molar-refractivity contribution is 7.16. The second kappa shape index (κ2) is 4.18. The van der Waals surface area contributed by atoms with Crippen LogP contribution in [0.2, 0.25) is 0 Å². The summed E-state index contributed by atoms with van der Waals surface area (Å²) in [5.74, 6) is 1.26. The maximum atomic E-state index is 9.59. The van der Waals surface area contributed by atoms with Gasteiger partial charge in [0, 0.05) is 5.92 Å². The van der Waals surface area contributed by atoms with Gasteiger partial charge in [-0.05, 0) is 25.0 Å². The molecule has 1 aliphatic rings. The summed E-state index contributed by atoms with van der Waals surface area (Å²) in [7, 11) is 0. The van der Waals surface area contributed by atoms with E-state index >= 15 is 0 Å². The first-order valence-corrected chi connectivity index (χ1v) is 7.21. The molecule has 1 N–H and O–H groups in total. The zero-order chi connectivity index (χ0) is 12.8. The predicted molar refractivity (Wildman–Crippen MR) is 71.1 cm³/mol. The van der Waals surface area contributed by atoms with Crippen LogP contribution in [0, 0.1) is 0 Å². The van der Waals surface area contributed by atoms with E-state index in [1.165, 1.54) is 19.3 Å². The Balaban J connectivity index is 1.85. The van der Waals surface area contributed by atoms with Gasteiger partial charge in [-0.3, -0.25) is 0 Å². The molecule has 3 aromatic heterocycles. The molecule has 1 fully saturated rings. The summed E-state index contributed by atoms with van der Waals surface area (Å²) in [6.45, 7) is -0.0922. The van der Waals surface area contributed by atoms with Crippen LogP contribution in [-0.2, 0) is 6.61 Å². The smallest absolute Gasteiger partial charge is 0.213 e. The van der Waals surface area contributed by atoms with Crippen LogP contribution in [0.15, 0.2) is 22.8 Å². The van der Waals surface area contributed by atoms with Gasteiger partial charge in [0.15, 0.2) is 5.76 Å². The fourth-order valence-electron chi connectivity index (χ4n) is 2.38. The van der Waals surface area contributed by atoms with Crippen LogP contribution >= 0.6 is 11.3 Å². The molecule has 5 nitrogen and oxygen atoms in total. The second-order valence-electron chi connectivity index (χ2n) is 4.81. The molecule has 3 heterocycles. The molecule has 0 aromatic carbocycles. The Morgan fingerprint density at radius 2 is 2.37 bits per heavy atom. The van der Waals surface area contributed by atoms with Gasteiger partial charge in [-0.25, -0.2) is 9.50 Å². The summed E-state index contributed by atoms with van der Waals surface area (Å²) >= 11 is 1.62. The van der Waals surface area contributed by atoms with Crippen LogP contribution in [0.4, 0.5) is 0 Å². The SMILES string of the molecule is OCc1c(-c2ccco2)nc2sc(C3CCC3)nn12. The molecule has 1 aliphatic carbocycles. The molecule has 1 saturated carbocycles. The highest BCUT2D eigenvalue weighted by atomic mass is 32.1. The van der Waals surface area contributed by atoms with Gasteiger partial charge in [-0.1, -0.05) is 17.8 Å². The lowest BCUT2D eigenvalue weighted by molar-refractivity contribution is 0.274. The number of hydrogen-bond acceptors (Lipinski definition) is 5. The minimum absolute atomic E-state index is 0.0922. The van der Waals surface area contributed by atoms with Crippen LogP contribution < -0.4 is 0 Å². The van der Waals surface area contributed by atoms with Crippen molar-refractivity contribution in [3.63, 3.8) is 0 Å². The highest BCUT2D eigenvalue weighted by Gasteiger charge is 2.26. The third-order valence-electron chi connectivity index (χ3n) is 3.67. The van der Waals surface area contributed by atoms with Crippen molar-refractivity contribution in [3.8, 4) is 11.5 Å². The average molecular weight is 275 g/mol. The van der Waals surface area contributed by atoms with Crippen molar-refractivity contribution in [1.29, 1.82) is 0 Å². The van der Waals surface area contributed by atoms with Gasteiger partial charge in [-0.15, -0.1) is 0 Å². The van der Waals surface area contributed by atoms with E-state index < -0.39 is 0 Å². The van der Waals surface area contributed by atoms with Gasteiger partial charge in [0.25, 0.3) is 0 Å². The van der Waals surface area contributed by atoms with Crippen molar-refractivity contribution in [3.05, 3.63) is 29.1 Å². The van der Waals surface area contributed by atoms with Gasteiger partial charge >= 0.3 is 0 Å². The van der Waals surface area contributed by atoms with Crippen molar-refractivity contribution in [2.45, 2.75) is 31.8 Å². The molecule has 0 saturated heterocycles. The molecular formula is C13H13N3O2S. The fraction of sp³-hybridized carbons (Fsp3) is 0.385. The maximum absolute atomic E-state index is 9.59. The van der Waals surface area contributed by atoms with E-state index in [0.717, 1.165) is 9.97 Å². The lowest BCUT2D eigenvalue weighted by Gasteiger charge is -2.21. The molecular weight excluding hydrogens is 262 g/mol. The predicted octanol–water partition coefficient (Wildman–Crippen LogP) is 2.81. The van der Waals surface area contributed by atoms with Gasteiger partial charge in [0.05, 0.1) is 12.9 Å². The summed E-state index contributed by atoms with van der Waals surface area (Å²) in [6.07, 6.45) is 5.33. The minimum atomic E-state index is -0.0922. The van der Waals surface area contributed by atoms with Gasteiger partial charge < -0.3 is 9.52 Å². The average Bonchev–Trinajstić information content (AvgIpc) is 2.98. The Hall–Kier alpha value is -1.66. The van der Waals surface area contributed by atoms with Crippen LogP contribution in [0.5, 0.6) is 0 Å². The van der Waals surface area contributed by atoms with E-state index in [4.69, 9.17) is 4.42 Å². The molecule has 0 amide bonds. The number of imidazole rings is 1. The first-order valence-electron chi connectivity index (χ1n) is 6.40. The molecule has 0 bridgehead atoms. The molecule has 0 aliphatic heterocycles. The van der Waals surface area contributed by atoms with E-state index in [0.29, 0.717) is 23.1 Å². The van der Waals surface area contributed by atoms with E-state index in [1.54, 1.807) is 22.1 Å². The topological polar surface area (TPSA) is 63.6 Å². The Bertz CT molecular complexity index is 710. The highest BCUT2D eigenvalue weighted by Crippen LogP contribution is 2.39. The van der Waals surface area contributed by atoms with Gasteiger partial charge in [0.1, 0.15) is 16.4 Å². The van der Waals surface area contributed by atoms with Crippen molar-refractivity contribution in [2.75, 3.05) is 0 Å². The van der Waals surface area contributed by atoms with E-state index in [-0.39, 0.29) is 6.61 Å². The fourth-order valence-corrected chi connectivity index (χ4v) is 3.46. The molecule has 0 radical (unpaired) electrons. The molecule has 6 heteroatoms. The lowest BCUT2D eigenvalue weighted by Crippen LogP contribution is -2.09. The summed E-state index contributed by atoms with van der Waals surface area (Å²) < 4.78 is 7.12. The number of aliphatic hydroxyl groups excluding tert-OH is 1. The number of furan rings is 1. The van der Waals surface area contributed by atoms with Crippen molar-refractivity contribution in [2.24, 2.45) is 0 Å². The van der Waals surface area contributed by atoms with Crippen LogP contribution in [-0.4, -0.2) is 19.7 Å². The third-order valence-corrected chi connectivity index (χ3v) is 4.74. The normalized spacial score (nSPS) is 16.1. The second-order valence-corrected chi connectivity index (χ2v) is 5.79. The molecule has 3 aromatic rings. The first-order chi connectivity index (χ1) is 9.36. The zero-order valence-electron chi connectivity index (χ0n) is 10.2. The van der Waals surface area contributed by atoms with Crippen molar-refractivity contribution in [1.82, 2.24) is 14.6 Å². The number of fused-ring (bicyclic) bond motifs is 1. The Morgan fingerprint density at radius 1 is 1.47 bits per heavy atom.